The van der Waals surface area contributed by atoms with Crippen molar-refractivity contribution in [1.29, 1.82) is 0 Å². The Morgan fingerprint density at radius 2 is 1.77 bits per heavy atom. The Morgan fingerprint density at radius 1 is 1.05 bits per heavy atom. The molecule has 0 bridgehead atoms. The summed E-state index contributed by atoms with van der Waals surface area (Å²) < 4.78 is 23.4. The van der Waals surface area contributed by atoms with Crippen molar-refractivity contribution < 1.29 is 23.5 Å². The highest BCUT2D eigenvalue weighted by molar-refractivity contribution is 6.00. The quantitative estimate of drug-likeness (QED) is 0.280. The first-order valence-electron chi connectivity index (χ1n) is 14.7. The molecule has 0 radical (unpaired) electrons. The van der Waals surface area contributed by atoms with E-state index in [1.807, 2.05) is 17.1 Å². The first kappa shape index (κ1) is 27.7. The van der Waals surface area contributed by atoms with Crippen molar-refractivity contribution in [3.05, 3.63) is 30.0 Å². The van der Waals surface area contributed by atoms with Crippen LogP contribution in [0.5, 0.6) is 0 Å². The number of hydrogen-bond donors (Lipinski definition) is 1. The van der Waals surface area contributed by atoms with Crippen LogP contribution in [0.3, 0.4) is 0 Å². The lowest BCUT2D eigenvalue weighted by molar-refractivity contribution is -0.130. The molecule has 3 fully saturated rings. The van der Waals surface area contributed by atoms with Gasteiger partial charge in [-0.3, -0.25) is 0 Å². The molecule has 3 aliphatic rings. The van der Waals surface area contributed by atoms with Crippen LogP contribution in [-0.2, 0) is 19.7 Å². The molecule has 0 atom stereocenters. The smallest absolute Gasteiger partial charge is 0.409 e. The van der Waals surface area contributed by atoms with Crippen molar-refractivity contribution in [2.45, 2.75) is 69.1 Å². The summed E-state index contributed by atoms with van der Waals surface area (Å²) in [5.41, 5.74) is 9.86. The van der Waals surface area contributed by atoms with Crippen LogP contribution in [0.1, 0.15) is 68.6 Å². The van der Waals surface area contributed by atoms with Crippen molar-refractivity contribution in [2.75, 3.05) is 39.6 Å². The third-order valence-corrected chi connectivity index (χ3v) is 8.86. The van der Waals surface area contributed by atoms with Crippen LogP contribution < -0.4 is 5.73 Å². The second-order valence-corrected chi connectivity index (χ2v) is 11.8. The van der Waals surface area contributed by atoms with Crippen LogP contribution in [0, 0.1) is 0 Å². The molecule has 2 N–H and O–H groups in total. The number of rotatable bonds is 9. The zero-order valence-corrected chi connectivity index (χ0v) is 24.5. The minimum atomic E-state index is -0.579. The first-order chi connectivity index (χ1) is 20.9. The van der Waals surface area contributed by atoms with Crippen molar-refractivity contribution >= 4 is 22.9 Å². The third-order valence-electron chi connectivity index (χ3n) is 8.86. The van der Waals surface area contributed by atoms with Crippen LogP contribution in [0.15, 0.2) is 23.2 Å². The second kappa shape index (κ2) is 10.8. The fourth-order valence-corrected chi connectivity index (χ4v) is 5.75. The zero-order chi connectivity index (χ0) is 29.7. The van der Waals surface area contributed by atoms with Gasteiger partial charge in [-0.05, 0) is 56.9 Å². The summed E-state index contributed by atoms with van der Waals surface area (Å²) in [5.74, 6) is 2.15. The van der Waals surface area contributed by atoms with Gasteiger partial charge in [0.1, 0.15) is 30.1 Å². The Kier molecular flexibility index (Phi) is 6.96. The summed E-state index contributed by atoms with van der Waals surface area (Å²) in [6.45, 7) is 3.36. The molecule has 43 heavy (non-hydrogen) atoms. The van der Waals surface area contributed by atoms with E-state index in [0.29, 0.717) is 47.2 Å². The number of fused-ring (bicyclic) bond motifs is 1. The average molecular weight is 590 g/mol. The van der Waals surface area contributed by atoms with Crippen LogP contribution in [0.25, 0.3) is 33.8 Å². The predicted molar refractivity (Wildman–Crippen MR) is 154 cm³/mol. The van der Waals surface area contributed by atoms with Crippen LogP contribution >= 0.6 is 0 Å². The molecular weight excluding hydrogens is 554 g/mol. The number of nitrogen functional groups attached to an aromatic ring is 1. The molecule has 2 saturated carbocycles. The molecular formula is C29H35N9O5. The number of nitrogens with two attached hydrogens (primary N) is 1. The lowest BCUT2D eigenvalue weighted by Gasteiger charge is -2.31. The summed E-state index contributed by atoms with van der Waals surface area (Å²) in [4.78, 5) is 32.6. The zero-order valence-electron chi connectivity index (χ0n) is 24.5. The molecule has 1 amide bonds. The lowest BCUT2D eigenvalue weighted by Crippen LogP contribution is -2.39. The van der Waals surface area contributed by atoms with E-state index in [1.165, 1.54) is 20.5 Å². The molecule has 1 saturated heterocycles. The fourth-order valence-electron chi connectivity index (χ4n) is 5.75. The monoisotopic (exact) mass is 589 g/mol. The Hall–Kier alpha value is -4.17. The fraction of sp³-hybridized carbons (Fsp3) is 0.552. The summed E-state index contributed by atoms with van der Waals surface area (Å²) >= 11 is 0. The number of ether oxygens (including phenoxy) is 3. The molecule has 4 aromatic heterocycles. The van der Waals surface area contributed by atoms with Crippen molar-refractivity contribution in [1.82, 2.24) is 39.8 Å². The van der Waals surface area contributed by atoms with Gasteiger partial charge in [0.05, 0.1) is 16.5 Å². The normalized spacial score (nSPS) is 18.5. The molecule has 226 valence electrons. The van der Waals surface area contributed by atoms with E-state index in [-0.39, 0.29) is 30.1 Å². The number of nitrogens with zero attached hydrogens (tertiary/aromatic N) is 8. The Labute approximate surface area is 247 Å². The predicted octanol–water partition coefficient (Wildman–Crippen LogP) is 3.84. The van der Waals surface area contributed by atoms with Gasteiger partial charge < -0.3 is 29.4 Å². The van der Waals surface area contributed by atoms with E-state index in [1.54, 1.807) is 4.90 Å². The van der Waals surface area contributed by atoms with Gasteiger partial charge in [-0.15, -0.1) is 0 Å². The van der Waals surface area contributed by atoms with E-state index in [4.69, 9.17) is 39.5 Å². The molecule has 14 nitrogen and oxygen atoms in total. The van der Waals surface area contributed by atoms with Gasteiger partial charge in [0.2, 0.25) is 0 Å². The molecule has 5 heterocycles. The molecule has 7 rings (SSSR count). The first-order valence-corrected chi connectivity index (χ1v) is 14.7. The summed E-state index contributed by atoms with van der Waals surface area (Å²) in [7, 11) is 3.01. The lowest BCUT2D eigenvalue weighted by atomic mass is 9.91. The Balaban J connectivity index is 1.13. The number of anilines is 1. The maximum absolute atomic E-state index is 12.5. The second-order valence-electron chi connectivity index (χ2n) is 11.8. The topological polar surface area (TPSA) is 169 Å². The van der Waals surface area contributed by atoms with Crippen LogP contribution in [0.2, 0.25) is 0 Å². The number of carbonyl (C=O) groups is 1. The SMILES string of the molecule is COC(COC(=O)N1CCC(c2cnc(-c3c(-c4nn(C5(C)CC5)c5ncnc(N)c45)noc3C3CC3)nc2)CC1)OC. The summed E-state index contributed by atoms with van der Waals surface area (Å²) in [5, 5.41) is 10.1. The van der Waals surface area contributed by atoms with Gasteiger partial charge in [0.15, 0.2) is 23.5 Å². The number of hydrogen-bond acceptors (Lipinski definition) is 12. The number of methoxy groups -OCH3 is 2. The van der Waals surface area contributed by atoms with Crippen molar-refractivity contribution in [3.63, 3.8) is 0 Å². The van der Waals surface area contributed by atoms with Gasteiger partial charge in [-0.1, -0.05) is 5.16 Å². The third kappa shape index (κ3) is 5.07. The maximum Gasteiger partial charge on any atom is 0.409 e. The highest BCUT2D eigenvalue weighted by Gasteiger charge is 2.43. The van der Waals surface area contributed by atoms with E-state index < -0.39 is 6.29 Å². The van der Waals surface area contributed by atoms with Gasteiger partial charge >= 0.3 is 6.09 Å². The highest BCUT2D eigenvalue weighted by Crippen LogP contribution is 2.49. The molecule has 1 aliphatic heterocycles. The van der Waals surface area contributed by atoms with Gasteiger partial charge in [-0.25, -0.2) is 29.4 Å². The number of likely N-dealkylation sites (tertiary alicyclic amines) is 1. The van der Waals surface area contributed by atoms with E-state index in [2.05, 4.69) is 22.0 Å². The largest absolute Gasteiger partial charge is 0.444 e. The Morgan fingerprint density at radius 3 is 2.42 bits per heavy atom. The minimum Gasteiger partial charge on any atom is -0.444 e. The number of aromatic nitrogens is 7. The Bertz CT molecular complexity index is 1630. The van der Waals surface area contributed by atoms with Crippen molar-refractivity contribution in [3.8, 4) is 22.8 Å². The van der Waals surface area contributed by atoms with E-state index in [9.17, 15) is 4.79 Å². The standard InChI is InChI=1S/C29H35N9O5/c1-29(8-9-29)38-27-21(25(30)33-15-34-27)22(35-38)23-20(24(43-36-23)17-4-5-17)26-31-12-18(13-32-26)16-6-10-37(11-7-16)28(39)42-14-19(40-2)41-3/h12-13,15-17,19H,4-11,14H2,1-3H3,(H2,30,33,34). The molecule has 2 aliphatic carbocycles. The summed E-state index contributed by atoms with van der Waals surface area (Å²) in [6.07, 6.45) is 9.90. The van der Waals surface area contributed by atoms with E-state index >= 15 is 0 Å². The molecule has 0 aromatic carbocycles. The van der Waals surface area contributed by atoms with Gasteiger partial charge in [-0.2, -0.15) is 5.10 Å². The van der Waals surface area contributed by atoms with Gasteiger partial charge in [0, 0.05) is 45.6 Å². The number of amides is 1. The van der Waals surface area contributed by atoms with Crippen molar-refractivity contribution in [2.24, 2.45) is 0 Å². The molecule has 0 spiro atoms. The maximum atomic E-state index is 12.5. The molecule has 0 unspecified atom stereocenters. The minimum absolute atomic E-state index is 0.0454. The molecule has 14 heteroatoms. The average Bonchev–Trinajstić information content (AvgIpc) is 3.94. The molecule has 4 aromatic rings. The summed E-state index contributed by atoms with van der Waals surface area (Å²) in [6, 6.07) is 0. The van der Waals surface area contributed by atoms with Crippen LogP contribution in [-0.4, -0.2) is 86.1 Å². The highest BCUT2D eigenvalue weighted by atomic mass is 16.7. The van der Waals surface area contributed by atoms with Crippen LogP contribution in [0.4, 0.5) is 10.6 Å². The number of carbonyl (C=O) groups excluding carboxylic acids is 1. The number of piperidine rings is 1. The van der Waals surface area contributed by atoms with E-state index in [0.717, 1.165) is 55.4 Å². The van der Waals surface area contributed by atoms with Gasteiger partial charge in [0.25, 0.3) is 0 Å².